The summed E-state index contributed by atoms with van der Waals surface area (Å²) in [5.74, 6) is 4.16. The van der Waals surface area contributed by atoms with Gasteiger partial charge in [0.25, 0.3) is 0 Å². The fourth-order valence-corrected chi connectivity index (χ4v) is 4.64. The second-order valence-corrected chi connectivity index (χ2v) is 6.67. The van der Waals surface area contributed by atoms with Crippen LogP contribution in [0.3, 0.4) is 0 Å². The topological polar surface area (TPSA) is 46.8 Å². The van der Waals surface area contributed by atoms with Crippen molar-refractivity contribution in [3.05, 3.63) is 23.2 Å². The second-order valence-electron chi connectivity index (χ2n) is 6.28. The van der Waals surface area contributed by atoms with Gasteiger partial charge in [0.05, 0.1) is 6.26 Å². The monoisotopic (exact) mass is 289 g/mol. The van der Waals surface area contributed by atoms with E-state index in [2.05, 4.69) is 21.7 Å². The maximum atomic E-state index is 5.50. The number of nitrogens with one attached hydrogen (secondary N) is 1. The molecule has 2 fully saturated rings. The van der Waals surface area contributed by atoms with E-state index < -0.39 is 0 Å². The molecule has 2 aliphatic rings. The van der Waals surface area contributed by atoms with Crippen molar-refractivity contribution in [3.8, 4) is 11.6 Å². The van der Waals surface area contributed by atoms with Crippen molar-refractivity contribution in [2.75, 3.05) is 0 Å². The summed E-state index contributed by atoms with van der Waals surface area (Å²) in [6, 6.07) is 4.21. The lowest BCUT2D eigenvalue weighted by Crippen LogP contribution is -2.22. The molecule has 0 radical (unpaired) electrons. The third kappa shape index (κ3) is 1.79. The van der Waals surface area contributed by atoms with Crippen LogP contribution in [0.4, 0.5) is 0 Å². The number of hydrogen-bond acceptors (Lipinski definition) is 3. The highest BCUT2D eigenvalue weighted by Gasteiger charge is 2.42. The van der Waals surface area contributed by atoms with Gasteiger partial charge >= 0.3 is 0 Å². The maximum Gasteiger partial charge on any atom is 0.198 e. The number of hydrogen-bond donors (Lipinski definition) is 1. The van der Waals surface area contributed by atoms with Gasteiger partial charge in [0.2, 0.25) is 0 Å². The van der Waals surface area contributed by atoms with Crippen LogP contribution in [-0.2, 0) is 0 Å². The molecule has 0 amide bonds. The molecule has 4 atom stereocenters. The standard InChI is InChI=1S/C15H19N3OS/c1-9(12-8-10-4-5-11(12)7-10)18-14(16-17-15(18)20)13-3-2-6-19-13/h2-3,6,9-12H,4-5,7-8H2,1H3,(H,17,20)/t9-,10-,11+,12-/m0/s1. The SMILES string of the molecule is C[C@@H]([C@@H]1C[C@H]2CC[C@@H]1C2)n1c(-c2ccco2)n[nH]c1=S. The van der Waals surface area contributed by atoms with Crippen molar-refractivity contribution in [1.29, 1.82) is 0 Å². The average molecular weight is 289 g/mol. The van der Waals surface area contributed by atoms with Crippen molar-refractivity contribution in [1.82, 2.24) is 14.8 Å². The minimum Gasteiger partial charge on any atom is -0.461 e. The van der Waals surface area contributed by atoms with Gasteiger partial charge in [-0.2, -0.15) is 5.10 Å². The van der Waals surface area contributed by atoms with Crippen LogP contribution in [0.5, 0.6) is 0 Å². The molecule has 2 aromatic rings. The number of aromatic amines is 1. The van der Waals surface area contributed by atoms with E-state index >= 15 is 0 Å². The van der Waals surface area contributed by atoms with Crippen LogP contribution < -0.4 is 0 Å². The van der Waals surface area contributed by atoms with Crippen LogP contribution >= 0.6 is 12.2 Å². The molecular weight excluding hydrogens is 270 g/mol. The first kappa shape index (κ1) is 12.4. The molecule has 0 aromatic carbocycles. The molecule has 106 valence electrons. The summed E-state index contributed by atoms with van der Waals surface area (Å²) in [4.78, 5) is 0. The molecule has 1 N–H and O–H groups in total. The lowest BCUT2D eigenvalue weighted by molar-refractivity contribution is 0.242. The second kappa shape index (κ2) is 4.58. The Balaban J connectivity index is 1.71. The molecule has 0 aliphatic heterocycles. The Morgan fingerprint density at radius 1 is 1.45 bits per heavy atom. The van der Waals surface area contributed by atoms with Crippen LogP contribution in [0, 0.1) is 22.5 Å². The van der Waals surface area contributed by atoms with Gasteiger partial charge in [0.15, 0.2) is 16.4 Å². The Morgan fingerprint density at radius 2 is 2.35 bits per heavy atom. The highest BCUT2D eigenvalue weighted by atomic mass is 32.1. The molecule has 4 nitrogen and oxygen atoms in total. The molecule has 0 unspecified atom stereocenters. The molecule has 2 saturated carbocycles. The summed E-state index contributed by atoms with van der Waals surface area (Å²) in [7, 11) is 0. The highest BCUT2D eigenvalue weighted by Crippen LogP contribution is 2.52. The highest BCUT2D eigenvalue weighted by molar-refractivity contribution is 7.71. The molecule has 2 aromatic heterocycles. The Bertz CT molecular complexity index is 657. The van der Waals surface area contributed by atoms with Gasteiger partial charge in [-0.15, -0.1) is 0 Å². The quantitative estimate of drug-likeness (QED) is 0.861. The van der Waals surface area contributed by atoms with Gasteiger partial charge < -0.3 is 4.42 Å². The molecular formula is C15H19N3OS. The van der Waals surface area contributed by atoms with Gasteiger partial charge in [-0.3, -0.25) is 9.67 Å². The number of aromatic nitrogens is 3. The Hall–Kier alpha value is -1.36. The van der Waals surface area contributed by atoms with E-state index in [-0.39, 0.29) is 0 Å². The molecule has 2 aliphatic carbocycles. The van der Waals surface area contributed by atoms with Gasteiger partial charge in [0.1, 0.15) is 0 Å². The van der Waals surface area contributed by atoms with E-state index in [0.29, 0.717) is 10.8 Å². The van der Waals surface area contributed by atoms with Crippen LogP contribution in [-0.4, -0.2) is 14.8 Å². The van der Waals surface area contributed by atoms with E-state index in [0.717, 1.165) is 29.3 Å². The largest absolute Gasteiger partial charge is 0.461 e. The van der Waals surface area contributed by atoms with Crippen LogP contribution in [0.2, 0.25) is 0 Å². The van der Waals surface area contributed by atoms with Crippen LogP contribution in [0.25, 0.3) is 11.6 Å². The summed E-state index contributed by atoms with van der Waals surface area (Å²) >= 11 is 5.45. The fraction of sp³-hybridized carbons (Fsp3) is 0.600. The summed E-state index contributed by atoms with van der Waals surface area (Å²) in [5, 5.41) is 7.29. The van der Waals surface area contributed by atoms with Gasteiger partial charge in [-0.25, -0.2) is 0 Å². The summed E-state index contributed by atoms with van der Waals surface area (Å²) in [6.07, 6.45) is 7.25. The van der Waals surface area contributed by atoms with Crippen LogP contribution in [0.1, 0.15) is 38.6 Å². The summed E-state index contributed by atoms with van der Waals surface area (Å²) in [6.45, 7) is 2.28. The molecule has 2 heterocycles. The van der Waals surface area contributed by atoms with Gasteiger partial charge in [0, 0.05) is 6.04 Å². The van der Waals surface area contributed by atoms with E-state index in [4.69, 9.17) is 16.6 Å². The van der Waals surface area contributed by atoms with Gasteiger partial charge in [-0.05, 0) is 68.3 Å². The number of rotatable bonds is 3. The lowest BCUT2D eigenvalue weighted by Gasteiger charge is -2.29. The molecule has 0 saturated heterocycles. The van der Waals surface area contributed by atoms with Crippen molar-refractivity contribution in [2.45, 2.75) is 38.6 Å². The van der Waals surface area contributed by atoms with Crippen molar-refractivity contribution >= 4 is 12.2 Å². The fourth-order valence-electron chi connectivity index (χ4n) is 4.34. The number of nitrogens with zero attached hydrogens (tertiary/aromatic N) is 2. The Kier molecular flexibility index (Phi) is 2.84. The van der Waals surface area contributed by atoms with E-state index in [1.807, 2.05) is 12.1 Å². The third-order valence-electron chi connectivity index (χ3n) is 5.27. The summed E-state index contributed by atoms with van der Waals surface area (Å²) < 4.78 is 8.35. The van der Waals surface area contributed by atoms with E-state index in [1.165, 1.54) is 25.7 Å². The predicted molar refractivity (Wildman–Crippen MR) is 78.8 cm³/mol. The first-order valence-electron chi connectivity index (χ1n) is 7.45. The van der Waals surface area contributed by atoms with Crippen molar-refractivity contribution in [3.63, 3.8) is 0 Å². The number of H-pyrrole nitrogens is 1. The normalized spacial score (nSPS) is 29.9. The number of fused-ring (bicyclic) bond motifs is 2. The summed E-state index contributed by atoms with van der Waals surface area (Å²) in [5.41, 5.74) is 0. The van der Waals surface area contributed by atoms with Crippen molar-refractivity contribution < 1.29 is 4.42 Å². The zero-order chi connectivity index (χ0) is 13.7. The predicted octanol–water partition coefficient (Wildman–Crippen LogP) is 4.20. The molecule has 4 rings (SSSR count). The van der Waals surface area contributed by atoms with Crippen LogP contribution in [0.15, 0.2) is 22.8 Å². The molecule has 0 spiro atoms. The Labute approximate surface area is 123 Å². The van der Waals surface area contributed by atoms with Gasteiger partial charge in [-0.1, -0.05) is 6.42 Å². The average Bonchev–Trinajstić information content (AvgIpc) is 3.21. The smallest absolute Gasteiger partial charge is 0.198 e. The minimum absolute atomic E-state index is 0.386. The molecule has 5 heteroatoms. The van der Waals surface area contributed by atoms with Crippen molar-refractivity contribution in [2.24, 2.45) is 17.8 Å². The van der Waals surface area contributed by atoms with E-state index in [9.17, 15) is 0 Å². The van der Waals surface area contributed by atoms with E-state index in [1.54, 1.807) is 6.26 Å². The zero-order valence-corrected chi connectivity index (χ0v) is 12.4. The first-order valence-corrected chi connectivity index (χ1v) is 7.85. The third-order valence-corrected chi connectivity index (χ3v) is 5.55. The molecule has 20 heavy (non-hydrogen) atoms. The number of furan rings is 1. The minimum atomic E-state index is 0.386. The molecule has 2 bridgehead atoms. The zero-order valence-electron chi connectivity index (χ0n) is 11.6. The lowest BCUT2D eigenvalue weighted by atomic mass is 9.84. The maximum absolute atomic E-state index is 5.50. The first-order chi connectivity index (χ1) is 9.74. The Morgan fingerprint density at radius 3 is 3.00 bits per heavy atom.